The van der Waals surface area contributed by atoms with E-state index in [9.17, 15) is 0 Å². The molecule has 5 nitrogen and oxygen atoms in total. The minimum atomic E-state index is 0.609. The summed E-state index contributed by atoms with van der Waals surface area (Å²) in [7, 11) is 0. The number of aromatic nitrogens is 4. The van der Waals surface area contributed by atoms with Crippen LogP contribution in [0.2, 0.25) is 0 Å². The summed E-state index contributed by atoms with van der Waals surface area (Å²) in [4.78, 5) is 13.1. The third-order valence-corrected chi connectivity index (χ3v) is 3.15. The van der Waals surface area contributed by atoms with Crippen LogP contribution in [0.5, 0.6) is 0 Å². The molecule has 1 aromatic carbocycles. The topological polar surface area (TPSA) is 55.6 Å². The summed E-state index contributed by atoms with van der Waals surface area (Å²) in [5, 5.41) is 3.30. The van der Waals surface area contributed by atoms with Gasteiger partial charge >= 0.3 is 0 Å². The van der Waals surface area contributed by atoms with Gasteiger partial charge in [0.2, 0.25) is 0 Å². The molecule has 0 atom stereocenters. The molecule has 0 aliphatic rings. The SMILES string of the molecule is Cc1cc(NCc2nccn2-c2ccccc2)nc(C)n1. The summed E-state index contributed by atoms with van der Waals surface area (Å²) in [5.74, 6) is 2.53. The predicted octanol–water partition coefficient (Wildman–Crippen LogP) is 2.89. The van der Waals surface area contributed by atoms with Crippen LogP contribution < -0.4 is 5.32 Å². The molecule has 1 N–H and O–H groups in total. The molecule has 0 amide bonds. The molecule has 2 heterocycles. The number of anilines is 1. The standard InChI is InChI=1S/C16H17N5/c1-12-10-15(20-13(2)19-12)18-11-16-17-8-9-21(16)14-6-4-3-5-7-14/h3-10H,11H2,1-2H3,(H,18,19,20). The normalized spacial score (nSPS) is 10.6. The van der Waals surface area contributed by atoms with Gasteiger partial charge < -0.3 is 9.88 Å². The van der Waals surface area contributed by atoms with Gasteiger partial charge in [-0.05, 0) is 26.0 Å². The Kier molecular flexibility index (Phi) is 3.64. The maximum atomic E-state index is 4.41. The van der Waals surface area contributed by atoms with Crippen LogP contribution in [-0.4, -0.2) is 19.5 Å². The van der Waals surface area contributed by atoms with Crippen molar-refractivity contribution in [1.82, 2.24) is 19.5 Å². The summed E-state index contributed by atoms with van der Waals surface area (Å²) >= 11 is 0. The van der Waals surface area contributed by atoms with Crippen LogP contribution in [0.1, 0.15) is 17.3 Å². The maximum absolute atomic E-state index is 4.41. The van der Waals surface area contributed by atoms with E-state index in [0.717, 1.165) is 28.8 Å². The molecule has 3 aromatic rings. The average molecular weight is 279 g/mol. The second kappa shape index (κ2) is 5.75. The van der Waals surface area contributed by atoms with Gasteiger partial charge in [-0.15, -0.1) is 0 Å². The summed E-state index contributed by atoms with van der Waals surface area (Å²) < 4.78 is 2.06. The Labute approximate surface area is 123 Å². The summed E-state index contributed by atoms with van der Waals surface area (Å²) in [5.41, 5.74) is 2.05. The van der Waals surface area contributed by atoms with Crippen LogP contribution in [0, 0.1) is 13.8 Å². The number of benzene rings is 1. The van der Waals surface area contributed by atoms with E-state index in [1.165, 1.54) is 0 Å². The lowest BCUT2D eigenvalue weighted by molar-refractivity contribution is 0.887. The summed E-state index contributed by atoms with van der Waals surface area (Å²) in [6.45, 7) is 4.46. The van der Waals surface area contributed by atoms with E-state index < -0.39 is 0 Å². The fraction of sp³-hybridized carbons (Fsp3) is 0.188. The minimum Gasteiger partial charge on any atom is -0.363 e. The third-order valence-electron chi connectivity index (χ3n) is 3.15. The van der Waals surface area contributed by atoms with Crippen molar-refractivity contribution in [2.45, 2.75) is 20.4 Å². The molecule has 5 heteroatoms. The van der Waals surface area contributed by atoms with Crippen LogP contribution in [0.25, 0.3) is 5.69 Å². The highest BCUT2D eigenvalue weighted by Gasteiger charge is 2.05. The minimum absolute atomic E-state index is 0.609. The highest BCUT2D eigenvalue weighted by atomic mass is 15.1. The Hall–Kier alpha value is -2.69. The van der Waals surface area contributed by atoms with Crippen LogP contribution in [0.4, 0.5) is 5.82 Å². The Morgan fingerprint density at radius 2 is 1.90 bits per heavy atom. The number of aryl methyl sites for hydroxylation is 2. The highest BCUT2D eigenvalue weighted by Crippen LogP contribution is 2.12. The van der Waals surface area contributed by atoms with Gasteiger partial charge in [0.15, 0.2) is 0 Å². The fourth-order valence-electron chi connectivity index (χ4n) is 2.27. The number of hydrogen-bond acceptors (Lipinski definition) is 4. The van der Waals surface area contributed by atoms with E-state index in [4.69, 9.17) is 0 Å². The van der Waals surface area contributed by atoms with E-state index in [-0.39, 0.29) is 0 Å². The van der Waals surface area contributed by atoms with Crippen molar-refractivity contribution < 1.29 is 0 Å². The zero-order valence-corrected chi connectivity index (χ0v) is 12.1. The molecular formula is C16H17N5. The third kappa shape index (κ3) is 3.08. The monoisotopic (exact) mass is 279 g/mol. The molecule has 0 fully saturated rings. The number of nitrogens with one attached hydrogen (secondary N) is 1. The zero-order valence-electron chi connectivity index (χ0n) is 12.1. The van der Waals surface area contributed by atoms with Gasteiger partial charge in [-0.3, -0.25) is 0 Å². The first-order valence-electron chi connectivity index (χ1n) is 6.86. The first-order chi connectivity index (χ1) is 10.2. The number of para-hydroxylation sites is 1. The van der Waals surface area contributed by atoms with Gasteiger partial charge in [0.25, 0.3) is 0 Å². The first kappa shape index (κ1) is 13.3. The Bertz CT molecular complexity index is 713. The van der Waals surface area contributed by atoms with Crippen molar-refractivity contribution in [2.24, 2.45) is 0 Å². The van der Waals surface area contributed by atoms with Crippen molar-refractivity contribution in [3.05, 3.63) is 66.1 Å². The van der Waals surface area contributed by atoms with Gasteiger partial charge in [-0.1, -0.05) is 18.2 Å². The Morgan fingerprint density at radius 1 is 1.10 bits per heavy atom. The van der Waals surface area contributed by atoms with E-state index in [1.807, 2.05) is 44.3 Å². The first-order valence-corrected chi connectivity index (χ1v) is 6.86. The smallest absolute Gasteiger partial charge is 0.132 e. The highest BCUT2D eigenvalue weighted by molar-refractivity contribution is 5.37. The molecule has 0 aliphatic carbocycles. The molecule has 0 saturated heterocycles. The largest absolute Gasteiger partial charge is 0.363 e. The molecule has 106 valence electrons. The second-order valence-electron chi connectivity index (χ2n) is 4.84. The second-order valence-corrected chi connectivity index (χ2v) is 4.84. The molecule has 0 radical (unpaired) electrons. The fourth-order valence-corrected chi connectivity index (χ4v) is 2.27. The van der Waals surface area contributed by atoms with Gasteiger partial charge in [-0.25, -0.2) is 15.0 Å². The predicted molar refractivity (Wildman–Crippen MR) is 82.4 cm³/mol. The number of nitrogens with zero attached hydrogens (tertiary/aromatic N) is 4. The molecule has 2 aromatic heterocycles. The lowest BCUT2D eigenvalue weighted by Crippen LogP contribution is -2.09. The zero-order chi connectivity index (χ0) is 14.7. The van der Waals surface area contributed by atoms with Crippen LogP contribution >= 0.6 is 0 Å². The van der Waals surface area contributed by atoms with Crippen molar-refractivity contribution in [2.75, 3.05) is 5.32 Å². The molecular weight excluding hydrogens is 262 g/mol. The summed E-state index contributed by atoms with van der Waals surface area (Å²) in [6.07, 6.45) is 3.77. The molecule has 0 saturated carbocycles. The molecule has 0 aliphatic heterocycles. The van der Waals surface area contributed by atoms with E-state index in [1.54, 1.807) is 6.20 Å². The Morgan fingerprint density at radius 3 is 2.67 bits per heavy atom. The van der Waals surface area contributed by atoms with Gasteiger partial charge in [-0.2, -0.15) is 0 Å². The van der Waals surface area contributed by atoms with Gasteiger partial charge in [0, 0.05) is 29.8 Å². The molecule has 0 bridgehead atoms. The maximum Gasteiger partial charge on any atom is 0.132 e. The van der Waals surface area contributed by atoms with E-state index >= 15 is 0 Å². The van der Waals surface area contributed by atoms with Crippen LogP contribution in [0.15, 0.2) is 48.8 Å². The molecule has 3 rings (SSSR count). The molecule has 21 heavy (non-hydrogen) atoms. The lowest BCUT2D eigenvalue weighted by Gasteiger charge is -2.10. The average Bonchev–Trinajstić information content (AvgIpc) is 2.93. The Balaban J connectivity index is 1.79. The van der Waals surface area contributed by atoms with Gasteiger partial charge in [0.1, 0.15) is 17.5 Å². The molecule has 0 unspecified atom stereocenters. The van der Waals surface area contributed by atoms with Crippen molar-refractivity contribution in [3.8, 4) is 5.69 Å². The van der Waals surface area contributed by atoms with Crippen LogP contribution in [-0.2, 0) is 6.54 Å². The summed E-state index contributed by atoms with van der Waals surface area (Å²) in [6, 6.07) is 12.1. The van der Waals surface area contributed by atoms with Crippen molar-refractivity contribution in [1.29, 1.82) is 0 Å². The van der Waals surface area contributed by atoms with E-state index in [2.05, 4.69) is 37.0 Å². The number of hydrogen-bond donors (Lipinski definition) is 1. The van der Waals surface area contributed by atoms with Crippen LogP contribution in [0.3, 0.4) is 0 Å². The van der Waals surface area contributed by atoms with Crippen molar-refractivity contribution >= 4 is 5.82 Å². The number of imidazole rings is 1. The van der Waals surface area contributed by atoms with Gasteiger partial charge in [0.05, 0.1) is 6.54 Å². The van der Waals surface area contributed by atoms with Crippen molar-refractivity contribution in [3.63, 3.8) is 0 Å². The molecule has 0 spiro atoms. The van der Waals surface area contributed by atoms with E-state index in [0.29, 0.717) is 6.54 Å². The lowest BCUT2D eigenvalue weighted by atomic mass is 10.3. The number of rotatable bonds is 4. The quantitative estimate of drug-likeness (QED) is 0.798.